The fraction of sp³-hybridized carbons (Fsp3) is 0.0500. The van der Waals surface area contributed by atoms with Crippen LogP contribution in [0.15, 0.2) is 174 Å². The van der Waals surface area contributed by atoms with Gasteiger partial charge in [-0.05, 0) is 58.7 Å². The SMILES string of the molecule is c1ccc(-c2cccc(C3=NC(c4ccccc4)N=C(c4cccc(C5Nc6ccccc6N5c5ccccc5)c4)N3)c2)cc1. The van der Waals surface area contributed by atoms with Crippen molar-refractivity contribution in [3.8, 4) is 11.1 Å². The summed E-state index contributed by atoms with van der Waals surface area (Å²) < 4.78 is 0. The third-order valence-corrected chi connectivity index (χ3v) is 8.30. The van der Waals surface area contributed by atoms with Gasteiger partial charge in [-0.2, -0.15) is 0 Å². The van der Waals surface area contributed by atoms with Gasteiger partial charge in [-0.3, -0.25) is 0 Å². The first kappa shape index (κ1) is 26.7. The maximum atomic E-state index is 5.15. The number of benzene rings is 6. The summed E-state index contributed by atoms with van der Waals surface area (Å²) in [5.41, 5.74) is 9.93. The van der Waals surface area contributed by atoms with E-state index in [2.05, 4.69) is 155 Å². The molecular formula is C40H31N5. The van der Waals surface area contributed by atoms with Gasteiger partial charge >= 0.3 is 0 Å². The maximum Gasteiger partial charge on any atom is 0.169 e. The molecule has 5 heteroatoms. The zero-order valence-electron chi connectivity index (χ0n) is 24.6. The lowest BCUT2D eigenvalue weighted by Gasteiger charge is -2.28. The molecule has 0 amide bonds. The van der Waals surface area contributed by atoms with Crippen LogP contribution in [0.5, 0.6) is 0 Å². The van der Waals surface area contributed by atoms with Crippen LogP contribution in [0.25, 0.3) is 11.1 Å². The van der Waals surface area contributed by atoms with E-state index >= 15 is 0 Å². The molecule has 0 fully saturated rings. The highest BCUT2D eigenvalue weighted by molar-refractivity contribution is 6.16. The zero-order valence-corrected chi connectivity index (χ0v) is 24.6. The second-order valence-electron chi connectivity index (χ2n) is 11.2. The second kappa shape index (κ2) is 11.6. The minimum atomic E-state index is -0.365. The van der Waals surface area contributed by atoms with Crippen molar-refractivity contribution >= 4 is 28.7 Å². The first-order chi connectivity index (χ1) is 22.3. The summed E-state index contributed by atoms with van der Waals surface area (Å²) in [6.45, 7) is 0. The summed E-state index contributed by atoms with van der Waals surface area (Å²) in [7, 11) is 0. The lowest BCUT2D eigenvalue weighted by atomic mass is 10.0. The predicted molar refractivity (Wildman–Crippen MR) is 185 cm³/mol. The Labute approximate surface area is 263 Å². The Morgan fingerprint density at radius 3 is 1.78 bits per heavy atom. The fourth-order valence-corrected chi connectivity index (χ4v) is 6.12. The van der Waals surface area contributed by atoms with Crippen LogP contribution < -0.4 is 15.5 Å². The summed E-state index contributed by atoms with van der Waals surface area (Å²) in [4.78, 5) is 12.6. The largest absolute Gasteiger partial charge is 0.359 e. The number of nitrogens with zero attached hydrogens (tertiary/aromatic N) is 3. The van der Waals surface area contributed by atoms with Crippen LogP contribution >= 0.6 is 0 Å². The lowest BCUT2D eigenvalue weighted by molar-refractivity contribution is 0.755. The van der Waals surface area contributed by atoms with E-state index in [1.54, 1.807) is 0 Å². The highest BCUT2D eigenvalue weighted by atomic mass is 15.3. The number of para-hydroxylation sites is 3. The van der Waals surface area contributed by atoms with E-state index in [4.69, 9.17) is 9.98 Å². The van der Waals surface area contributed by atoms with Gasteiger partial charge < -0.3 is 15.5 Å². The Balaban J connectivity index is 1.18. The quantitative estimate of drug-likeness (QED) is 0.206. The molecule has 2 atom stereocenters. The van der Waals surface area contributed by atoms with Gasteiger partial charge in [0.2, 0.25) is 0 Å². The second-order valence-corrected chi connectivity index (χ2v) is 11.2. The molecule has 0 saturated carbocycles. The molecule has 0 aromatic heterocycles. The molecule has 2 aliphatic rings. The smallest absolute Gasteiger partial charge is 0.169 e. The van der Waals surface area contributed by atoms with Gasteiger partial charge in [0.1, 0.15) is 17.8 Å². The molecule has 5 nitrogen and oxygen atoms in total. The first-order valence-corrected chi connectivity index (χ1v) is 15.2. The Morgan fingerprint density at radius 1 is 0.467 bits per heavy atom. The Kier molecular flexibility index (Phi) is 6.89. The van der Waals surface area contributed by atoms with E-state index in [1.807, 2.05) is 24.3 Å². The number of rotatable bonds is 6. The van der Waals surface area contributed by atoms with Gasteiger partial charge in [0, 0.05) is 16.8 Å². The van der Waals surface area contributed by atoms with Crippen molar-refractivity contribution in [2.24, 2.45) is 9.98 Å². The summed E-state index contributed by atoms with van der Waals surface area (Å²) in [6.07, 6.45) is -0.439. The van der Waals surface area contributed by atoms with Crippen LogP contribution in [0.2, 0.25) is 0 Å². The first-order valence-electron chi connectivity index (χ1n) is 15.2. The minimum absolute atomic E-state index is 0.0745. The molecular weight excluding hydrogens is 550 g/mol. The Bertz CT molecular complexity index is 2020. The van der Waals surface area contributed by atoms with Crippen LogP contribution in [-0.4, -0.2) is 11.7 Å². The molecule has 2 heterocycles. The van der Waals surface area contributed by atoms with Crippen molar-refractivity contribution in [3.63, 3.8) is 0 Å². The van der Waals surface area contributed by atoms with Crippen molar-refractivity contribution in [1.82, 2.24) is 5.32 Å². The van der Waals surface area contributed by atoms with Crippen LogP contribution in [0.1, 0.15) is 34.6 Å². The number of fused-ring (bicyclic) bond motifs is 1. The average molecular weight is 582 g/mol. The molecule has 0 spiro atoms. The minimum Gasteiger partial charge on any atom is -0.359 e. The van der Waals surface area contributed by atoms with Crippen molar-refractivity contribution in [3.05, 3.63) is 186 Å². The van der Waals surface area contributed by atoms with Crippen LogP contribution in [-0.2, 0) is 0 Å². The van der Waals surface area contributed by atoms with Crippen LogP contribution in [0, 0.1) is 0 Å². The standard InChI is InChI=1S/C40H31N5/c1-4-14-28(15-5-1)30-18-12-19-31(26-30)38-42-37(29-16-6-2-7-17-29)43-39(44-38)32-20-13-21-33(27-32)40-41-35-24-10-11-25-36(35)45(40)34-22-8-3-9-23-34/h1-27,37,40-41H,(H,42,43,44). The number of aliphatic imine (C=N–C) groups is 2. The van der Waals surface area contributed by atoms with Crippen molar-refractivity contribution in [1.29, 1.82) is 0 Å². The van der Waals surface area contributed by atoms with Crippen molar-refractivity contribution in [2.45, 2.75) is 12.3 Å². The fourth-order valence-electron chi connectivity index (χ4n) is 6.12. The molecule has 0 bridgehead atoms. The Morgan fingerprint density at radius 2 is 1.02 bits per heavy atom. The van der Waals surface area contributed by atoms with E-state index in [0.717, 1.165) is 56.6 Å². The molecule has 8 rings (SSSR count). The van der Waals surface area contributed by atoms with Gasteiger partial charge in [0.25, 0.3) is 0 Å². The molecule has 0 aliphatic carbocycles. The number of hydrogen-bond donors (Lipinski definition) is 2. The molecule has 6 aromatic carbocycles. The van der Waals surface area contributed by atoms with E-state index in [-0.39, 0.29) is 12.3 Å². The summed E-state index contributed by atoms with van der Waals surface area (Å²) in [6, 6.07) is 56.9. The van der Waals surface area contributed by atoms with Gasteiger partial charge in [0.05, 0.1) is 11.4 Å². The third kappa shape index (κ3) is 5.25. The zero-order chi connectivity index (χ0) is 30.0. The maximum absolute atomic E-state index is 5.15. The normalized spacial score (nSPS) is 17.0. The number of nitrogens with one attached hydrogen (secondary N) is 2. The molecule has 2 aliphatic heterocycles. The van der Waals surface area contributed by atoms with Gasteiger partial charge in [0.15, 0.2) is 6.17 Å². The molecule has 216 valence electrons. The van der Waals surface area contributed by atoms with Crippen LogP contribution in [0.4, 0.5) is 17.1 Å². The molecule has 0 radical (unpaired) electrons. The topological polar surface area (TPSA) is 52.0 Å². The molecule has 6 aromatic rings. The molecule has 45 heavy (non-hydrogen) atoms. The van der Waals surface area contributed by atoms with Crippen molar-refractivity contribution < 1.29 is 0 Å². The third-order valence-electron chi connectivity index (χ3n) is 8.30. The van der Waals surface area contributed by atoms with Gasteiger partial charge in [-0.25, -0.2) is 9.98 Å². The van der Waals surface area contributed by atoms with Gasteiger partial charge in [-0.1, -0.05) is 127 Å². The lowest BCUT2D eigenvalue weighted by Crippen LogP contribution is -2.36. The highest BCUT2D eigenvalue weighted by Crippen LogP contribution is 2.45. The van der Waals surface area contributed by atoms with Crippen LogP contribution in [0.3, 0.4) is 0 Å². The van der Waals surface area contributed by atoms with E-state index in [9.17, 15) is 0 Å². The number of amidine groups is 2. The summed E-state index contributed by atoms with van der Waals surface area (Å²) >= 11 is 0. The van der Waals surface area contributed by atoms with E-state index < -0.39 is 0 Å². The monoisotopic (exact) mass is 581 g/mol. The predicted octanol–water partition coefficient (Wildman–Crippen LogP) is 9.11. The average Bonchev–Trinajstić information content (AvgIpc) is 3.53. The highest BCUT2D eigenvalue weighted by Gasteiger charge is 2.31. The molecule has 0 saturated heterocycles. The Hall–Kier alpha value is -5.94. The molecule has 2 N–H and O–H groups in total. The number of hydrogen-bond acceptors (Lipinski definition) is 5. The van der Waals surface area contributed by atoms with E-state index in [0.29, 0.717) is 0 Å². The summed E-state index contributed by atoms with van der Waals surface area (Å²) in [5, 5.41) is 7.37. The number of anilines is 3. The van der Waals surface area contributed by atoms with E-state index in [1.165, 1.54) is 5.56 Å². The summed E-state index contributed by atoms with van der Waals surface area (Å²) in [5.74, 6) is 1.59. The molecule has 2 unspecified atom stereocenters. The van der Waals surface area contributed by atoms with Gasteiger partial charge in [-0.15, -0.1) is 0 Å². The van der Waals surface area contributed by atoms with Crippen molar-refractivity contribution in [2.75, 3.05) is 10.2 Å².